The van der Waals surface area contributed by atoms with Crippen LogP contribution in [0.3, 0.4) is 0 Å². The lowest BCUT2D eigenvalue weighted by molar-refractivity contribution is 1.34. The highest BCUT2D eigenvalue weighted by molar-refractivity contribution is 6.00. The summed E-state index contributed by atoms with van der Waals surface area (Å²) in [5.41, 5.74) is 7.04. The lowest BCUT2D eigenvalue weighted by atomic mass is 10.1. The van der Waals surface area contributed by atoms with Crippen LogP contribution in [-0.2, 0) is 0 Å². The predicted octanol–water partition coefficient (Wildman–Crippen LogP) is 4.75. The summed E-state index contributed by atoms with van der Waals surface area (Å²) < 4.78 is 0. The molecule has 2 aromatic carbocycles. The molecule has 2 rings (SSSR count). The average molecular weight is 237 g/mol. The van der Waals surface area contributed by atoms with Gasteiger partial charge in [0.2, 0.25) is 0 Å². The van der Waals surface area contributed by atoms with Crippen LogP contribution < -0.4 is 0 Å². The Morgan fingerprint density at radius 1 is 0.833 bits per heavy atom. The third-order valence-corrected chi connectivity index (χ3v) is 3.12. The molecule has 0 heterocycles. The van der Waals surface area contributed by atoms with Crippen LogP contribution in [0, 0.1) is 20.8 Å². The highest BCUT2D eigenvalue weighted by Crippen LogP contribution is 2.21. The largest absolute Gasteiger partial charge is 0.253 e. The molecular formula is C17H19N. The zero-order chi connectivity index (χ0) is 13.1. The topological polar surface area (TPSA) is 12.4 Å². The molecule has 1 heteroatoms. The standard InChI is InChI=1S/C17H19N/c1-12-6-9-16(10-7-12)15(4)18-17-11-13(2)5-8-14(17)3/h5-11H,1-4H3. The van der Waals surface area contributed by atoms with Crippen LogP contribution >= 0.6 is 0 Å². The van der Waals surface area contributed by atoms with E-state index in [2.05, 4.69) is 70.2 Å². The molecule has 0 aromatic heterocycles. The van der Waals surface area contributed by atoms with Crippen molar-refractivity contribution in [2.75, 3.05) is 0 Å². The molecular weight excluding hydrogens is 218 g/mol. The summed E-state index contributed by atoms with van der Waals surface area (Å²) in [6.07, 6.45) is 0. The number of aliphatic imine (C=N–C) groups is 1. The molecule has 0 fully saturated rings. The summed E-state index contributed by atoms with van der Waals surface area (Å²) in [5, 5.41) is 0. The number of aryl methyl sites for hydroxylation is 3. The van der Waals surface area contributed by atoms with Gasteiger partial charge in [-0.25, -0.2) is 0 Å². The fourth-order valence-corrected chi connectivity index (χ4v) is 1.88. The van der Waals surface area contributed by atoms with Crippen molar-refractivity contribution in [3.05, 3.63) is 64.7 Å². The number of nitrogens with zero attached hydrogens (tertiary/aromatic N) is 1. The SMILES string of the molecule is CC(=Nc1cc(C)ccc1C)c1ccc(C)cc1. The van der Waals surface area contributed by atoms with Gasteiger partial charge in [0.1, 0.15) is 0 Å². The number of rotatable bonds is 2. The zero-order valence-electron chi connectivity index (χ0n) is 11.5. The lowest BCUT2D eigenvalue weighted by Gasteiger charge is -2.05. The van der Waals surface area contributed by atoms with Crippen LogP contribution in [0.15, 0.2) is 47.5 Å². The van der Waals surface area contributed by atoms with Crippen molar-refractivity contribution in [1.29, 1.82) is 0 Å². The fourth-order valence-electron chi connectivity index (χ4n) is 1.88. The Hall–Kier alpha value is -1.89. The smallest absolute Gasteiger partial charge is 0.0664 e. The van der Waals surface area contributed by atoms with E-state index in [1.807, 2.05) is 0 Å². The first-order valence-corrected chi connectivity index (χ1v) is 6.26. The van der Waals surface area contributed by atoms with Gasteiger partial charge in [0, 0.05) is 5.71 Å². The monoisotopic (exact) mass is 237 g/mol. The van der Waals surface area contributed by atoms with E-state index in [1.54, 1.807) is 0 Å². The van der Waals surface area contributed by atoms with E-state index < -0.39 is 0 Å². The van der Waals surface area contributed by atoms with Crippen molar-refractivity contribution >= 4 is 11.4 Å². The van der Waals surface area contributed by atoms with Crippen LogP contribution in [0.25, 0.3) is 0 Å². The van der Waals surface area contributed by atoms with Gasteiger partial charge in [0.15, 0.2) is 0 Å². The second-order valence-corrected chi connectivity index (χ2v) is 4.85. The summed E-state index contributed by atoms with van der Waals surface area (Å²) in [7, 11) is 0. The highest BCUT2D eigenvalue weighted by Gasteiger charge is 2.00. The molecule has 0 N–H and O–H groups in total. The van der Waals surface area contributed by atoms with Crippen molar-refractivity contribution in [3.63, 3.8) is 0 Å². The summed E-state index contributed by atoms with van der Waals surface area (Å²) in [6, 6.07) is 14.9. The number of benzene rings is 2. The molecule has 0 aliphatic heterocycles. The molecule has 0 saturated heterocycles. The van der Waals surface area contributed by atoms with Crippen LogP contribution in [0.4, 0.5) is 5.69 Å². The van der Waals surface area contributed by atoms with E-state index in [0.717, 1.165) is 11.4 Å². The van der Waals surface area contributed by atoms with E-state index in [1.165, 1.54) is 22.3 Å². The predicted molar refractivity (Wildman–Crippen MR) is 79.0 cm³/mol. The van der Waals surface area contributed by atoms with Crippen molar-refractivity contribution in [2.45, 2.75) is 27.7 Å². The van der Waals surface area contributed by atoms with Gasteiger partial charge >= 0.3 is 0 Å². The summed E-state index contributed by atoms with van der Waals surface area (Å²) in [5.74, 6) is 0. The van der Waals surface area contributed by atoms with Gasteiger partial charge in [0.05, 0.1) is 5.69 Å². The maximum Gasteiger partial charge on any atom is 0.0664 e. The number of hydrogen-bond donors (Lipinski definition) is 0. The molecule has 1 nitrogen and oxygen atoms in total. The van der Waals surface area contributed by atoms with Crippen molar-refractivity contribution in [1.82, 2.24) is 0 Å². The first-order chi connectivity index (χ1) is 8.56. The van der Waals surface area contributed by atoms with Gasteiger partial charge in [-0.1, -0.05) is 42.0 Å². The molecule has 0 saturated carbocycles. The molecule has 0 aliphatic carbocycles. The van der Waals surface area contributed by atoms with E-state index >= 15 is 0 Å². The molecule has 0 radical (unpaired) electrons. The van der Waals surface area contributed by atoms with Gasteiger partial charge < -0.3 is 0 Å². The average Bonchev–Trinajstić information content (AvgIpc) is 2.34. The van der Waals surface area contributed by atoms with Gasteiger partial charge in [-0.3, -0.25) is 4.99 Å². The van der Waals surface area contributed by atoms with Crippen LogP contribution in [-0.4, -0.2) is 5.71 Å². The molecule has 0 bridgehead atoms. The molecule has 0 atom stereocenters. The molecule has 92 valence electrons. The third kappa shape index (κ3) is 2.86. The fraction of sp³-hybridized carbons (Fsp3) is 0.235. The summed E-state index contributed by atoms with van der Waals surface area (Å²) in [4.78, 5) is 4.74. The van der Waals surface area contributed by atoms with Crippen molar-refractivity contribution < 1.29 is 0 Å². The molecule has 18 heavy (non-hydrogen) atoms. The molecule has 0 amide bonds. The maximum atomic E-state index is 4.74. The van der Waals surface area contributed by atoms with Gasteiger partial charge in [0.25, 0.3) is 0 Å². The van der Waals surface area contributed by atoms with Crippen LogP contribution in [0.1, 0.15) is 29.2 Å². The Bertz CT molecular complexity index is 577. The van der Waals surface area contributed by atoms with Gasteiger partial charge in [-0.15, -0.1) is 0 Å². The molecule has 0 aliphatic rings. The van der Waals surface area contributed by atoms with E-state index in [4.69, 9.17) is 4.99 Å². The Morgan fingerprint density at radius 2 is 1.44 bits per heavy atom. The van der Waals surface area contributed by atoms with Gasteiger partial charge in [-0.05, 0) is 50.5 Å². The Morgan fingerprint density at radius 3 is 2.11 bits per heavy atom. The lowest BCUT2D eigenvalue weighted by Crippen LogP contribution is -1.94. The zero-order valence-corrected chi connectivity index (χ0v) is 11.5. The Kier molecular flexibility index (Phi) is 3.61. The minimum atomic E-state index is 1.06. The Balaban J connectivity index is 2.38. The summed E-state index contributed by atoms with van der Waals surface area (Å²) >= 11 is 0. The second kappa shape index (κ2) is 5.18. The first-order valence-electron chi connectivity index (χ1n) is 6.26. The molecule has 2 aromatic rings. The molecule has 0 spiro atoms. The summed E-state index contributed by atoms with van der Waals surface area (Å²) in [6.45, 7) is 8.35. The van der Waals surface area contributed by atoms with Crippen LogP contribution in [0.2, 0.25) is 0 Å². The van der Waals surface area contributed by atoms with E-state index in [-0.39, 0.29) is 0 Å². The quantitative estimate of drug-likeness (QED) is 0.668. The normalized spacial score (nSPS) is 11.7. The maximum absolute atomic E-state index is 4.74. The minimum Gasteiger partial charge on any atom is -0.253 e. The number of hydrogen-bond acceptors (Lipinski definition) is 1. The minimum absolute atomic E-state index is 1.06. The Labute approximate surface area is 109 Å². The third-order valence-electron chi connectivity index (χ3n) is 3.12. The molecule has 0 unspecified atom stereocenters. The van der Waals surface area contributed by atoms with Gasteiger partial charge in [-0.2, -0.15) is 0 Å². The second-order valence-electron chi connectivity index (χ2n) is 4.85. The highest BCUT2D eigenvalue weighted by atomic mass is 14.7. The van der Waals surface area contributed by atoms with Crippen molar-refractivity contribution in [3.8, 4) is 0 Å². The first kappa shape index (κ1) is 12.6. The van der Waals surface area contributed by atoms with Crippen LogP contribution in [0.5, 0.6) is 0 Å². The van der Waals surface area contributed by atoms with E-state index in [9.17, 15) is 0 Å². The van der Waals surface area contributed by atoms with E-state index in [0.29, 0.717) is 0 Å². The van der Waals surface area contributed by atoms with Crippen molar-refractivity contribution in [2.24, 2.45) is 4.99 Å².